The number of ether oxygens (including phenoxy) is 1. The van der Waals surface area contributed by atoms with Crippen molar-refractivity contribution in [1.29, 1.82) is 0 Å². The zero-order valence-electron chi connectivity index (χ0n) is 8.69. The number of hydrogen-bond acceptors (Lipinski definition) is 2. The van der Waals surface area contributed by atoms with E-state index in [1.807, 2.05) is 0 Å². The Morgan fingerprint density at radius 1 is 1.27 bits per heavy atom. The number of alkyl halides is 3. The fourth-order valence-corrected chi connectivity index (χ4v) is 1.86. The summed E-state index contributed by atoms with van der Waals surface area (Å²) < 4.78 is 39.8. The number of rotatable bonds is 2. The highest BCUT2D eigenvalue weighted by Crippen LogP contribution is 2.37. The van der Waals surface area contributed by atoms with Gasteiger partial charge in [-0.2, -0.15) is 13.2 Å². The summed E-state index contributed by atoms with van der Waals surface area (Å²) in [5, 5.41) is 0. The second-order valence-electron chi connectivity index (χ2n) is 4.31. The molecule has 0 radical (unpaired) electrons. The van der Waals surface area contributed by atoms with E-state index < -0.39 is 24.2 Å². The SMILES string of the molecule is CC1(C(=O)OCC(F)(F)F)CCCCC1. The van der Waals surface area contributed by atoms with Crippen LogP contribution in [0.25, 0.3) is 0 Å². The maximum absolute atomic E-state index is 11.8. The van der Waals surface area contributed by atoms with Crippen LogP contribution in [0, 0.1) is 5.41 Å². The van der Waals surface area contributed by atoms with Gasteiger partial charge in [0, 0.05) is 0 Å². The van der Waals surface area contributed by atoms with Gasteiger partial charge in [0.1, 0.15) is 0 Å². The molecule has 1 aliphatic carbocycles. The van der Waals surface area contributed by atoms with Crippen LogP contribution in [0.1, 0.15) is 39.0 Å². The fourth-order valence-electron chi connectivity index (χ4n) is 1.86. The molecule has 0 bridgehead atoms. The van der Waals surface area contributed by atoms with E-state index in [0.717, 1.165) is 19.3 Å². The van der Waals surface area contributed by atoms with Crippen LogP contribution in [0.2, 0.25) is 0 Å². The van der Waals surface area contributed by atoms with E-state index in [1.165, 1.54) is 0 Å². The first-order valence-corrected chi connectivity index (χ1v) is 5.07. The van der Waals surface area contributed by atoms with E-state index in [2.05, 4.69) is 4.74 Å². The smallest absolute Gasteiger partial charge is 0.422 e. The predicted molar refractivity (Wildman–Crippen MR) is 48.2 cm³/mol. The van der Waals surface area contributed by atoms with Crippen molar-refractivity contribution < 1.29 is 22.7 Å². The van der Waals surface area contributed by atoms with Crippen molar-refractivity contribution in [1.82, 2.24) is 0 Å². The van der Waals surface area contributed by atoms with Crippen molar-refractivity contribution in [3.63, 3.8) is 0 Å². The van der Waals surface area contributed by atoms with Crippen LogP contribution < -0.4 is 0 Å². The molecule has 15 heavy (non-hydrogen) atoms. The van der Waals surface area contributed by atoms with Gasteiger partial charge in [0.15, 0.2) is 6.61 Å². The Kier molecular flexibility index (Phi) is 3.62. The summed E-state index contributed by atoms with van der Waals surface area (Å²) in [4.78, 5) is 11.4. The molecule has 0 spiro atoms. The Balaban J connectivity index is 2.45. The Bertz CT molecular complexity index is 229. The van der Waals surface area contributed by atoms with E-state index in [1.54, 1.807) is 6.92 Å². The molecule has 5 heteroatoms. The van der Waals surface area contributed by atoms with E-state index in [4.69, 9.17) is 0 Å². The molecular formula is C10H15F3O2. The highest BCUT2D eigenvalue weighted by molar-refractivity contribution is 5.76. The molecule has 2 nitrogen and oxygen atoms in total. The molecule has 0 saturated heterocycles. The molecular weight excluding hydrogens is 209 g/mol. The molecule has 1 fully saturated rings. The fraction of sp³-hybridized carbons (Fsp3) is 0.900. The second-order valence-corrected chi connectivity index (χ2v) is 4.31. The highest BCUT2D eigenvalue weighted by atomic mass is 19.4. The summed E-state index contributed by atoms with van der Waals surface area (Å²) in [5.74, 6) is -0.709. The largest absolute Gasteiger partial charge is 0.456 e. The maximum atomic E-state index is 11.8. The van der Waals surface area contributed by atoms with Crippen molar-refractivity contribution >= 4 is 5.97 Å². The van der Waals surface area contributed by atoms with Crippen LogP contribution in [0.15, 0.2) is 0 Å². The Morgan fingerprint density at radius 2 is 1.80 bits per heavy atom. The molecule has 0 atom stereocenters. The van der Waals surface area contributed by atoms with Crippen LogP contribution in [0.5, 0.6) is 0 Å². The van der Waals surface area contributed by atoms with Crippen LogP contribution in [-0.4, -0.2) is 18.8 Å². The molecule has 0 aromatic rings. The van der Waals surface area contributed by atoms with Crippen LogP contribution in [-0.2, 0) is 9.53 Å². The van der Waals surface area contributed by atoms with E-state index >= 15 is 0 Å². The average Bonchev–Trinajstić information content (AvgIpc) is 2.14. The van der Waals surface area contributed by atoms with Crippen molar-refractivity contribution in [3.05, 3.63) is 0 Å². The van der Waals surface area contributed by atoms with Gasteiger partial charge in [0.05, 0.1) is 5.41 Å². The van der Waals surface area contributed by atoms with Gasteiger partial charge in [0.2, 0.25) is 0 Å². The Hall–Kier alpha value is -0.740. The van der Waals surface area contributed by atoms with Crippen LogP contribution >= 0.6 is 0 Å². The molecule has 0 heterocycles. The van der Waals surface area contributed by atoms with E-state index in [0.29, 0.717) is 12.8 Å². The Labute approximate surface area is 86.8 Å². The van der Waals surface area contributed by atoms with E-state index in [-0.39, 0.29) is 0 Å². The predicted octanol–water partition coefficient (Wildman–Crippen LogP) is 3.06. The number of esters is 1. The van der Waals surface area contributed by atoms with E-state index in [9.17, 15) is 18.0 Å². The molecule has 0 aromatic heterocycles. The minimum atomic E-state index is -4.43. The van der Waals surface area contributed by atoms with Gasteiger partial charge in [-0.25, -0.2) is 0 Å². The zero-order chi connectivity index (χ0) is 11.5. The van der Waals surface area contributed by atoms with Gasteiger partial charge < -0.3 is 4.74 Å². The van der Waals surface area contributed by atoms with Gasteiger partial charge >= 0.3 is 12.1 Å². The lowest BCUT2D eigenvalue weighted by Crippen LogP contribution is -2.34. The third kappa shape index (κ3) is 3.72. The summed E-state index contributed by atoms with van der Waals surface area (Å²) in [6.07, 6.45) is -0.356. The molecule has 0 aliphatic heterocycles. The first-order valence-electron chi connectivity index (χ1n) is 5.07. The first-order chi connectivity index (χ1) is 6.83. The normalized spacial score (nSPS) is 21.1. The lowest BCUT2D eigenvalue weighted by Gasteiger charge is -2.31. The lowest BCUT2D eigenvalue weighted by molar-refractivity contribution is -0.194. The number of carbonyl (C=O) groups excluding carboxylic acids is 1. The molecule has 1 aliphatic rings. The average molecular weight is 224 g/mol. The number of carbonyl (C=O) groups is 1. The molecule has 0 unspecified atom stereocenters. The summed E-state index contributed by atoms with van der Waals surface area (Å²) >= 11 is 0. The lowest BCUT2D eigenvalue weighted by atomic mass is 9.76. The van der Waals surface area contributed by atoms with Crippen LogP contribution in [0.4, 0.5) is 13.2 Å². The molecule has 1 saturated carbocycles. The van der Waals surface area contributed by atoms with Crippen molar-refractivity contribution in [3.8, 4) is 0 Å². The summed E-state index contributed by atoms with van der Waals surface area (Å²) in [7, 11) is 0. The highest BCUT2D eigenvalue weighted by Gasteiger charge is 2.38. The monoisotopic (exact) mass is 224 g/mol. The first kappa shape index (κ1) is 12.3. The van der Waals surface area contributed by atoms with Gasteiger partial charge in [-0.3, -0.25) is 4.79 Å². The molecule has 0 aromatic carbocycles. The topological polar surface area (TPSA) is 26.3 Å². The third-order valence-electron chi connectivity index (χ3n) is 2.82. The minimum Gasteiger partial charge on any atom is -0.456 e. The zero-order valence-corrected chi connectivity index (χ0v) is 8.69. The Morgan fingerprint density at radius 3 is 2.27 bits per heavy atom. The summed E-state index contributed by atoms with van der Waals surface area (Å²) in [6.45, 7) is 0.215. The molecule has 1 rings (SSSR count). The quantitative estimate of drug-likeness (QED) is 0.674. The molecule has 0 N–H and O–H groups in total. The van der Waals surface area contributed by atoms with Gasteiger partial charge in [-0.15, -0.1) is 0 Å². The van der Waals surface area contributed by atoms with Gasteiger partial charge in [-0.05, 0) is 19.8 Å². The minimum absolute atomic E-state index is 0.629. The maximum Gasteiger partial charge on any atom is 0.422 e. The van der Waals surface area contributed by atoms with Crippen molar-refractivity contribution in [2.24, 2.45) is 5.41 Å². The van der Waals surface area contributed by atoms with Gasteiger partial charge in [-0.1, -0.05) is 19.3 Å². The second kappa shape index (κ2) is 4.41. The summed E-state index contributed by atoms with van der Waals surface area (Å²) in [6, 6.07) is 0. The third-order valence-corrected chi connectivity index (χ3v) is 2.82. The summed E-state index contributed by atoms with van der Waals surface area (Å²) in [5.41, 5.74) is -0.705. The molecule has 88 valence electrons. The van der Waals surface area contributed by atoms with Crippen molar-refractivity contribution in [2.45, 2.75) is 45.2 Å². The van der Waals surface area contributed by atoms with Gasteiger partial charge in [0.25, 0.3) is 0 Å². The van der Waals surface area contributed by atoms with Crippen LogP contribution in [0.3, 0.4) is 0 Å². The number of hydrogen-bond donors (Lipinski definition) is 0. The number of halogens is 3. The standard InChI is InChI=1S/C10H15F3O2/c1-9(5-3-2-4-6-9)8(14)15-7-10(11,12)13/h2-7H2,1H3. The molecule has 0 amide bonds. The van der Waals surface area contributed by atoms with Crippen molar-refractivity contribution in [2.75, 3.05) is 6.61 Å².